The van der Waals surface area contributed by atoms with E-state index in [1.165, 1.54) is 10.7 Å². The summed E-state index contributed by atoms with van der Waals surface area (Å²) in [6.45, 7) is 2.48. The Kier molecular flexibility index (Phi) is 5.42. The van der Waals surface area contributed by atoms with Crippen molar-refractivity contribution >= 4 is 10.2 Å². The molecule has 2 fully saturated rings. The third kappa shape index (κ3) is 3.51. The zero-order chi connectivity index (χ0) is 14.8. The minimum absolute atomic E-state index is 0.0930. The minimum atomic E-state index is -3.48. The van der Waals surface area contributed by atoms with Crippen LogP contribution in [0.2, 0.25) is 0 Å². The van der Waals surface area contributed by atoms with Gasteiger partial charge >= 0.3 is 0 Å². The van der Waals surface area contributed by atoms with Crippen molar-refractivity contribution in [1.29, 1.82) is 0 Å². The van der Waals surface area contributed by atoms with Crippen molar-refractivity contribution in [3.05, 3.63) is 0 Å². The number of hydrogen-bond donors (Lipinski definition) is 2. The lowest BCUT2D eigenvalue weighted by Crippen LogP contribution is -2.66. The maximum absolute atomic E-state index is 12.4. The summed E-state index contributed by atoms with van der Waals surface area (Å²) in [7, 11) is -1.82. The van der Waals surface area contributed by atoms with Gasteiger partial charge in [0.05, 0.1) is 12.1 Å². The molecule has 0 heterocycles. The Balaban J connectivity index is 1.95. The highest BCUT2D eigenvalue weighted by Crippen LogP contribution is 2.26. The molecular weight excluding hydrogens is 278 g/mol. The smallest absolute Gasteiger partial charge is 0.279 e. The number of nitrogens with zero attached hydrogens (tertiary/aromatic N) is 1. The molecule has 2 saturated carbocycles. The van der Waals surface area contributed by atoms with Gasteiger partial charge in [-0.2, -0.15) is 17.4 Å². The van der Waals surface area contributed by atoms with E-state index in [1.807, 2.05) is 6.92 Å². The Hall–Kier alpha value is -0.210. The lowest BCUT2D eigenvalue weighted by atomic mass is 9.84. The second kappa shape index (κ2) is 6.70. The molecule has 0 aromatic carbocycles. The lowest BCUT2D eigenvalue weighted by Gasteiger charge is -2.43. The van der Waals surface area contributed by atoms with Gasteiger partial charge < -0.3 is 10.5 Å². The molecule has 2 aliphatic rings. The van der Waals surface area contributed by atoms with E-state index < -0.39 is 10.2 Å². The summed E-state index contributed by atoms with van der Waals surface area (Å²) in [5.74, 6) is 0. The van der Waals surface area contributed by atoms with Gasteiger partial charge in [0.1, 0.15) is 0 Å². The highest BCUT2D eigenvalue weighted by Gasteiger charge is 2.43. The van der Waals surface area contributed by atoms with Crippen LogP contribution in [0.4, 0.5) is 0 Å². The fourth-order valence-electron chi connectivity index (χ4n) is 3.09. The quantitative estimate of drug-likeness (QED) is 0.752. The van der Waals surface area contributed by atoms with Gasteiger partial charge in [0.25, 0.3) is 10.2 Å². The zero-order valence-corrected chi connectivity index (χ0v) is 13.2. The maximum Gasteiger partial charge on any atom is 0.279 e. The van der Waals surface area contributed by atoms with E-state index in [9.17, 15) is 8.42 Å². The summed E-state index contributed by atoms with van der Waals surface area (Å²) in [5, 5.41) is 0. The second-order valence-electron chi connectivity index (χ2n) is 5.85. The van der Waals surface area contributed by atoms with Crippen LogP contribution in [0.1, 0.15) is 45.4 Å². The van der Waals surface area contributed by atoms with Crippen molar-refractivity contribution in [1.82, 2.24) is 9.03 Å². The third-order valence-electron chi connectivity index (χ3n) is 4.50. The molecule has 20 heavy (non-hydrogen) atoms. The van der Waals surface area contributed by atoms with Crippen molar-refractivity contribution in [3.63, 3.8) is 0 Å². The molecule has 0 spiro atoms. The van der Waals surface area contributed by atoms with E-state index in [0.29, 0.717) is 13.0 Å². The van der Waals surface area contributed by atoms with Crippen molar-refractivity contribution in [2.24, 2.45) is 5.73 Å². The van der Waals surface area contributed by atoms with E-state index >= 15 is 0 Å². The monoisotopic (exact) mass is 305 g/mol. The first-order valence-electron chi connectivity index (χ1n) is 7.58. The van der Waals surface area contributed by atoms with E-state index in [1.54, 1.807) is 7.05 Å². The molecule has 0 aromatic rings. The van der Waals surface area contributed by atoms with Gasteiger partial charge in [0.2, 0.25) is 0 Å². The summed E-state index contributed by atoms with van der Waals surface area (Å²) in [4.78, 5) is 0. The summed E-state index contributed by atoms with van der Waals surface area (Å²) in [5.41, 5.74) is 5.90. The van der Waals surface area contributed by atoms with Gasteiger partial charge in [-0.1, -0.05) is 19.3 Å². The molecule has 0 aliphatic heterocycles. The normalized spacial score (nSPS) is 32.3. The Morgan fingerprint density at radius 3 is 2.50 bits per heavy atom. The lowest BCUT2D eigenvalue weighted by molar-refractivity contribution is -0.0253. The predicted octanol–water partition coefficient (Wildman–Crippen LogP) is 0.590. The molecule has 6 nitrogen and oxygen atoms in total. The number of hydrogen-bond acceptors (Lipinski definition) is 4. The number of nitrogens with two attached hydrogens (primary N) is 1. The first-order valence-corrected chi connectivity index (χ1v) is 9.02. The molecule has 0 bridgehead atoms. The SMILES string of the molecule is CCOC1CC(N)C1NS(=O)(=O)N(C)C1CCCCC1. The van der Waals surface area contributed by atoms with E-state index in [4.69, 9.17) is 10.5 Å². The molecule has 0 aromatic heterocycles. The Bertz CT molecular complexity index is 407. The van der Waals surface area contributed by atoms with Crippen LogP contribution >= 0.6 is 0 Å². The van der Waals surface area contributed by atoms with Crippen LogP contribution in [0.5, 0.6) is 0 Å². The molecule has 2 aliphatic carbocycles. The molecule has 3 N–H and O–H groups in total. The number of ether oxygens (including phenoxy) is 1. The fourth-order valence-corrected chi connectivity index (χ4v) is 4.53. The highest BCUT2D eigenvalue weighted by molar-refractivity contribution is 7.87. The van der Waals surface area contributed by atoms with Crippen molar-refractivity contribution < 1.29 is 13.2 Å². The molecule has 7 heteroatoms. The molecule has 3 unspecified atom stereocenters. The van der Waals surface area contributed by atoms with E-state index in [0.717, 1.165) is 25.7 Å². The molecular formula is C13H27N3O3S. The Labute approximate surface area is 122 Å². The standard InChI is InChI=1S/C13H27N3O3S/c1-3-19-12-9-11(14)13(12)15-20(17,18)16(2)10-7-5-4-6-8-10/h10-13,15H,3-9,14H2,1-2H3. The average Bonchev–Trinajstić information content (AvgIpc) is 2.45. The summed E-state index contributed by atoms with van der Waals surface area (Å²) < 4.78 is 34.6. The van der Waals surface area contributed by atoms with Crippen LogP contribution < -0.4 is 10.5 Å². The number of nitrogens with one attached hydrogen (secondary N) is 1. The predicted molar refractivity (Wildman–Crippen MR) is 78.5 cm³/mol. The average molecular weight is 305 g/mol. The molecule has 0 radical (unpaired) electrons. The van der Waals surface area contributed by atoms with Crippen molar-refractivity contribution in [2.75, 3.05) is 13.7 Å². The third-order valence-corrected chi connectivity index (χ3v) is 6.13. The summed E-state index contributed by atoms with van der Waals surface area (Å²) in [6, 6.07) is -0.338. The number of rotatable bonds is 6. The van der Waals surface area contributed by atoms with Crippen molar-refractivity contribution in [3.8, 4) is 0 Å². The van der Waals surface area contributed by atoms with Crippen LogP contribution in [0.15, 0.2) is 0 Å². The van der Waals surface area contributed by atoms with Crippen molar-refractivity contribution in [2.45, 2.75) is 69.7 Å². The molecule has 3 atom stereocenters. The molecule has 118 valence electrons. The van der Waals surface area contributed by atoms with Crippen LogP contribution in [-0.4, -0.2) is 50.6 Å². The molecule has 0 amide bonds. The molecule has 0 saturated heterocycles. The Morgan fingerprint density at radius 1 is 1.30 bits per heavy atom. The molecule has 2 rings (SSSR count). The maximum atomic E-state index is 12.4. The zero-order valence-electron chi connectivity index (χ0n) is 12.4. The summed E-state index contributed by atoms with van der Waals surface area (Å²) >= 11 is 0. The highest BCUT2D eigenvalue weighted by atomic mass is 32.2. The van der Waals surface area contributed by atoms with Crippen LogP contribution in [0.25, 0.3) is 0 Å². The van der Waals surface area contributed by atoms with Gasteiger partial charge in [-0.05, 0) is 26.2 Å². The minimum Gasteiger partial charge on any atom is -0.377 e. The van der Waals surface area contributed by atoms with E-state index in [2.05, 4.69) is 4.72 Å². The van der Waals surface area contributed by atoms with Crippen LogP contribution in [0, 0.1) is 0 Å². The first-order chi connectivity index (χ1) is 9.45. The van der Waals surface area contributed by atoms with E-state index in [-0.39, 0.29) is 24.2 Å². The van der Waals surface area contributed by atoms with Gasteiger partial charge in [-0.15, -0.1) is 0 Å². The first kappa shape index (κ1) is 16.2. The van der Waals surface area contributed by atoms with Gasteiger partial charge in [0, 0.05) is 25.7 Å². The largest absolute Gasteiger partial charge is 0.377 e. The van der Waals surface area contributed by atoms with Gasteiger partial charge in [0.15, 0.2) is 0 Å². The van der Waals surface area contributed by atoms with Crippen LogP contribution in [-0.2, 0) is 14.9 Å². The van der Waals surface area contributed by atoms with Crippen LogP contribution in [0.3, 0.4) is 0 Å². The Morgan fingerprint density at radius 2 is 1.95 bits per heavy atom. The van der Waals surface area contributed by atoms with Gasteiger partial charge in [-0.3, -0.25) is 0 Å². The topological polar surface area (TPSA) is 84.7 Å². The summed E-state index contributed by atoms with van der Waals surface area (Å²) in [6.07, 6.45) is 5.94. The van der Waals surface area contributed by atoms with Gasteiger partial charge in [-0.25, -0.2) is 0 Å². The fraction of sp³-hybridized carbons (Fsp3) is 1.00. The second-order valence-corrected chi connectivity index (χ2v) is 7.61.